The summed E-state index contributed by atoms with van der Waals surface area (Å²) in [5.41, 5.74) is 2.09. The third-order valence-electron chi connectivity index (χ3n) is 2.32. The van der Waals surface area contributed by atoms with E-state index in [1.807, 2.05) is 13.0 Å². The molecule has 0 radical (unpaired) electrons. The number of benzene rings is 1. The van der Waals surface area contributed by atoms with Crippen molar-refractivity contribution in [1.82, 2.24) is 4.98 Å². The number of ketones is 1. The highest BCUT2D eigenvalue weighted by Crippen LogP contribution is 2.24. The van der Waals surface area contributed by atoms with Crippen LogP contribution < -0.4 is 0 Å². The van der Waals surface area contributed by atoms with Crippen LogP contribution in [0, 0.1) is 6.92 Å². The second-order valence-corrected chi connectivity index (χ2v) is 4.97. The van der Waals surface area contributed by atoms with Crippen molar-refractivity contribution in [2.45, 2.75) is 6.92 Å². The monoisotopic (exact) mass is 309 g/mol. The highest BCUT2D eigenvalue weighted by molar-refractivity contribution is 9.10. The van der Waals surface area contributed by atoms with Crippen LogP contribution in [0.4, 0.5) is 0 Å². The summed E-state index contributed by atoms with van der Waals surface area (Å²) < 4.78 is 0.776. The summed E-state index contributed by atoms with van der Waals surface area (Å²) in [7, 11) is 0. The van der Waals surface area contributed by atoms with Crippen molar-refractivity contribution in [2.75, 3.05) is 0 Å². The third kappa shape index (κ3) is 2.73. The molecule has 0 fully saturated rings. The first kappa shape index (κ1) is 12.3. The average Bonchev–Trinajstić information content (AvgIpc) is 2.32. The largest absolute Gasteiger partial charge is 0.289 e. The van der Waals surface area contributed by atoms with Crippen molar-refractivity contribution < 1.29 is 4.79 Å². The van der Waals surface area contributed by atoms with Crippen molar-refractivity contribution in [3.63, 3.8) is 0 Å². The van der Waals surface area contributed by atoms with E-state index in [4.69, 9.17) is 11.6 Å². The Hall–Kier alpha value is -1.19. The number of hydrogen-bond donors (Lipinski definition) is 0. The molecule has 0 aliphatic heterocycles. The Kier molecular flexibility index (Phi) is 3.60. The van der Waals surface area contributed by atoms with Crippen molar-refractivity contribution in [2.24, 2.45) is 0 Å². The maximum absolute atomic E-state index is 12.1. The molecule has 0 N–H and O–H groups in total. The minimum absolute atomic E-state index is 0.0735. The van der Waals surface area contributed by atoms with Crippen LogP contribution in [0.2, 0.25) is 5.02 Å². The second kappa shape index (κ2) is 4.98. The maximum Gasteiger partial charge on any atom is 0.194 e. The molecule has 2 aromatic rings. The topological polar surface area (TPSA) is 30.0 Å². The van der Waals surface area contributed by atoms with Gasteiger partial charge in [0.25, 0.3) is 0 Å². The smallest absolute Gasteiger partial charge is 0.194 e. The molecule has 2 nitrogen and oxygen atoms in total. The molecule has 1 aromatic heterocycles. The van der Waals surface area contributed by atoms with Gasteiger partial charge in [0, 0.05) is 28.0 Å². The van der Waals surface area contributed by atoms with Crippen molar-refractivity contribution in [3.05, 3.63) is 62.8 Å². The predicted octanol–water partition coefficient (Wildman–Crippen LogP) is 4.04. The van der Waals surface area contributed by atoms with E-state index in [2.05, 4.69) is 20.9 Å². The van der Waals surface area contributed by atoms with E-state index in [1.165, 1.54) is 0 Å². The zero-order valence-corrected chi connectivity index (χ0v) is 11.4. The van der Waals surface area contributed by atoms with Crippen LogP contribution in [0.3, 0.4) is 0 Å². The molecule has 0 aliphatic rings. The van der Waals surface area contributed by atoms with Crippen LogP contribution in [0.5, 0.6) is 0 Å². The lowest BCUT2D eigenvalue weighted by Gasteiger charge is -2.03. The van der Waals surface area contributed by atoms with Gasteiger partial charge in [0.05, 0.1) is 5.02 Å². The molecule has 0 saturated heterocycles. The summed E-state index contributed by atoms with van der Waals surface area (Å²) >= 11 is 9.25. The molecule has 0 spiro atoms. The third-order valence-corrected chi connectivity index (χ3v) is 3.55. The molecule has 0 atom stereocenters. The van der Waals surface area contributed by atoms with Gasteiger partial charge < -0.3 is 0 Å². The fourth-order valence-corrected chi connectivity index (χ4v) is 1.91. The molecule has 0 aliphatic carbocycles. The summed E-state index contributed by atoms with van der Waals surface area (Å²) in [5, 5.41) is 0.525. The number of carbonyl (C=O) groups is 1. The summed E-state index contributed by atoms with van der Waals surface area (Å²) in [4.78, 5) is 16.2. The minimum Gasteiger partial charge on any atom is -0.289 e. The van der Waals surface area contributed by atoms with Gasteiger partial charge in [-0.2, -0.15) is 0 Å². The first-order valence-corrected chi connectivity index (χ1v) is 6.16. The van der Waals surface area contributed by atoms with Crippen molar-refractivity contribution >= 4 is 33.3 Å². The molecule has 4 heteroatoms. The number of halogens is 2. The lowest BCUT2D eigenvalue weighted by molar-refractivity contribution is 0.103. The first-order valence-electron chi connectivity index (χ1n) is 4.99. The lowest BCUT2D eigenvalue weighted by atomic mass is 10.0. The summed E-state index contributed by atoms with van der Waals surface area (Å²) in [5.74, 6) is -0.0735. The molecule has 86 valence electrons. The SMILES string of the molecule is Cc1cncc(C(=O)c2ccc(Br)c(Cl)c2)c1. The zero-order chi connectivity index (χ0) is 12.4. The highest BCUT2D eigenvalue weighted by Gasteiger charge is 2.11. The van der Waals surface area contributed by atoms with Crippen LogP contribution in [0.25, 0.3) is 0 Å². The van der Waals surface area contributed by atoms with E-state index in [0.717, 1.165) is 10.0 Å². The summed E-state index contributed by atoms with van der Waals surface area (Å²) in [6.07, 6.45) is 3.27. The van der Waals surface area contributed by atoms with Gasteiger partial charge in [-0.25, -0.2) is 0 Å². The molecular formula is C13H9BrClNO. The van der Waals surface area contributed by atoms with E-state index in [-0.39, 0.29) is 5.78 Å². The van der Waals surface area contributed by atoms with E-state index >= 15 is 0 Å². The maximum atomic E-state index is 12.1. The van der Waals surface area contributed by atoms with Crippen LogP contribution in [0.15, 0.2) is 41.1 Å². The summed E-state index contributed by atoms with van der Waals surface area (Å²) in [6, 6.07) is 6.96. The van der Waals surface area contributed by atoms with Crippen molar-refractivity contribution in [3.8, 4) is 0 Å². The zero-order valence-electron chi connectivity index (χ0n) is 9.08. The Morgan fingerprint density at radius 2 is 2.00 bits per heavy atom. The Balaban J connectivity index is 2.40. The lowest BCUT2D eigenvalue weighted by Crippen LogP contribution is -2.02. The second-order valence-electron chi connectivity index (χ2n) is 3.71. The van der Waals surface area contributed by atoms with Gasteiger partial charge in [0.1, 0.15) is 0 Å². The number of aryl methyl sites for hydroxylation is 1. The molecule has 0 unspecified atom stereocenters. The molecular weight excluding hydrogens is 302 g/mol. The number of aromatic nitrogens is 1. The van der Waals surface area contributed by atoms with E-state index < -0.39 is 0 Å². The Bertz CT molecular complexity index is 583. The van der Waals surface area contributed by atoms with Crippen LogP contribution >= 0.6 is 27.5 Å². The normalized spacial score (nSPS) is 10.3. The predicted molar refractivity (Wildman–Crippen MR) is 71.6 cm³/mol. The molecule has 1 aromatic carbocycles. The Morgan fingerprint density at radius 3 is 2.65 bits per heavy atom. The fourth-order valence-electron chi connectivity index (χ4n) is 1.48. The molecule has 0 saturated carbocycles. The molecule has 2 rings (SSSR count). The average molecular weight is 311 g/mol. The number of hydrogen-bond acceptors (Lipinski definition) is 2. The number of pyridine rings is 1. The van der Waals surface area contributed by atoms with E-state index in [1.54, 1.807) is 30.6 Å². The Morgan fingerprint density at radius 1 is 1.24 bits per heavy atom. The standard InChI is InChI=1S/C13H9BrClNO/c1-8-4-10(7-16-6-8)13(17)9-2-3-11(14)12(15)5-9/h2-7H,1H3. The molecule has 17 heavy (non-hydrogen) atoms. The first-order chi connectivity index (χ1) is 8.08. The fraction of sp³-hybridized carbons (Fsp3) is 0.0769. The molecule has 1 heterocycles. The van der Waals surface area contributed by atoms with Gasteiger partial charge in [-0.3, -0.25) is 9.78 Å². The van der Waals surface area contributed by atoms with Gasteiger partial charge in [0.2, 0.25) is 0 Å². The van der Waals surface area contributed by atoms with Gasteiger partial charge >= 0.3 is 0 Å². The van der Waals surface area contributed by atoms with Gasteiger partial charge in [0.15, 0.2) is 5.78 Å². The van der Waals surface area contributed by atoms with Crippen LogP contribution in [-0.2, 0) is 0 Å². The van der Waals surface area contributed by atoms with Crippen LogP contribution in [0.1, 0.15) is 21.5 Å². The molecule has 0 bridgehead atoms. The van der Waals surface area contributed by atoms with Gasteiger partial charge in [-0.1, -0.05) is 11.6 Å². The quantitative estimate of drug-likeness (QED) is 0.784. The Labute approximate surface area is 113 Å². The number of carbonyl (C=O) groups excluding carboxylic acids is 1. The highest BCUT2D eigenvalue weighted by atomic mass is 79.9. The van der Waals surface area contributed by atoms with Crippen LogP contribution in [-0.4, -0.2) is 10.8 Å². The number of rotatable bonds is 2. The molecule has 0 amide bonds. The van der Waals surface area contributed by atoms with E-state index in [0.29, 0.717) is 16.1 Å². The summed E-state index contributed by atoms with van der Waals surface area (Å²) in [6.45, 7) is 1.90. The van der Waals surface area contributed by atoms with Gasteiger partial charge in [-0.15, -0.1) is 0 Å². The van der Waals surface area contributed by atoms with E-state index in [9.17, 15) is 4.79 Å². The number of nitrogens with zero attached hydrogens (tertiary/aromatic N) is 1. The van der Waals surface area contributed by atoms with Crippen molar-refractivity contribution in [1.29, 1.82) is 0 Å². The van der Waals surface area contributed by atoms with Gasteiger partial charge in [-0.05, 0) is 52.7 Å². The minimum atomic E-state index is -0.0735.